The Morgan fingerprint density at radius 2 is 2.00 bits per heavy atom. The van der Waals surface area contributed by atoms with Crippen LogP contribution in [0.4, 0.5) is 0 Å². The molecule has 1 heterocycles. The molecule has 1 unspecified atom stereocenters. The van der Waals surface area contributed by atoms with E-state index in [-0.39, 0.29) is 17.4 Å². The highest BCUT2D eigenvalue weighted by molar-refractivity contribution is 5.81. The molecule has 3 N–H and O–H groups in total. The monoisotopic (exact) mass is 322 g/mol. The van der Waals surface area contributed by atoms with E-state index < -0.39 is 0 Å². The average Bonchev–Trinajstić information content (AvgIpc) is 2.89. The van der Waals surface area contributed by atoms with E-state index in [0.29, 0.717) is 19.0 Å². The molecule has 130 valence electrons. The van der Waals surface area contributed by atoms with E-state index in [1.807, 2.05) is 53.7 Å². The van der Waals surface area contributed by atoms with Gasteiger partial charge in [0, 0.05) is 18.5 Å². The summed E-state index contributed by atoms with van der Waals surface area (Å²) in [6, 6.07) is 3.92. The van der Waals surface area contributed by atoms with Crippen molar-refractivity contribution in [2.45, 2.75) is 47.6 Å². The molecule has 0 aliphatic rings. The number of rotatable bonds is 6. The molecule has 6 nitrogen and oxygen atoms in total. The third-order valence-corrected chi connectivity index (χ3v) is 3.23. The van der Waals surface area contributed by atoms with Crippen molar-refractivity contribution in [3.8, 4) is 0 Å². The minimum absolute atomic E-state index is 0.0191. The quantitative estimate of drug-likeness (QED) is 0.427. The van der Waals surface area contributed by atoms with Crippen molar-refractivity contribution in [3.63, 3.8) is 0 Å². The Hall–Kier alpha value is -1.98. The number of carbonyl (C=O) groups is 1. The van der Waals surface area contributed by atoms with E-state index >= 15 is 0 Å². The second-order valence-electron chi connectivity index (χ2n) is 6.58. The summed E-state index contributed by atoms with van der Waals surface area (Å²) in [5.74, 6) is 2.50. The predicted molar refractivity (Wildman–Crippen MR) is 93.4 cm³/mol. The zero-order valence-corrected chi connectivity index (χ0v) is 15.1. The lowest BCUT2D eigenvalue weighted by Gasteiger charge is -2.18. The standard InChI is InChI=1S/C17H30N4O2/c1-7-18-16(20-11-10-19-15(22)17(4,5)6)21-13(3)14-9-8-12(2)23-14/h8-9,13H,7,10-11H2,1-6H3,(H,19,22)(H2,18,20,21). The predicted octanol–water partition coefficient (Wildman–Crippen LogP) is 2.37. The lowest BCUT2D eigenvalue weighted by molar-refractivity contribution is -0.128. The summed E-state index contributed by atoms with van der Waals surface area (Å²) >= 11 is 0. The summed E-state index contributed by atoms with van der Waals surface area (Å²) in [5, 5.41) is 9.38. The molecule has 23 heavy (non-hydrogen) atoms. The summed E-state index contributed by atoms with van der Waals surface area (Å²) < 4.78 is 5.62. The van der Waals surface area contributed by atoms with Gasteiger partial charge in [0.1, 0.15) is 11.5 Å². The van der Waals surface area contributed by atoms with Gasteiger partial charge in [-0.05, 0) is 32.9 Å². The van der Waals surface area contributed by atoms with Gasteiger partial charge < -0.3 is 20.4 Å². The van der Waals surface area contributed by atoms with Crippen LogP contribution in [0.3, 0.4) is 0 Å². The first-order chi connectivity index (χ1) is 10.7. The lowest BCUT2D eigenvalue weighted by Crippen LogP contribution is -2.40. The zero-order valence-electron chi connectivity index (χ0n) is 15.1. The van der Waals surface area contributed by atoms with Crippen LogP contribution in [0.15, 0.2) is 21.5 Å². The Bertz CT molecular complexity index is 529. The molecule has 0 fully saturated rings. The molecular formula is C17H30N4O2. The molecule has 1 rings (SSSR count). The Kier molecular flexibility index (Phi) is 7.13. The zero-order chi connectivity index (χ0) is 17.5. The number of guanidine groups is 1. The van der Waals surface area contributed by atoms with Crippen molar-refractivity contribution in [3.05, 3.63) is 23.7 Å². The van der Waals surface area contributed by atoms with Crippen molar-refractivity contribution < 1.29 is 9.21 Å². The third kappa shape index (κ3) is 6.76. The van der Waals surface area contributed by atoms with Gasteiger partial charge in [-0.1, -0.05) is 20.8 Å². The number of carbonyl (C=O) groups excluding carboxylic acids is 1. The minimum Gasteiger partial charge on any atom is -0.464 e. The second kappa shape index (κ2) is 8.60. The van der Waals surface area contributed by atoms with E-state index in [0.717, 1.165) is 18.1 Å². The molecule has 1 aromatic heterocycles. The van der Waals surface area contributed by atoms with Crippen LogP contribution in [0.2, 0.25) is 0 Å². The molecule has 0 aliphatic carbocycles. The van der Waals surface area contributed by atoms with Gasteiger partial charge in [0.2, 0.25) is 5.91 Å². The average molecular weight is 322 g/mol. The normalized spacial score (nSPS) is 13.6. The largest absolute Gasteiger partial charge is 0.464 e. The number of aryl methyl sites for hydroxylation is 1. The van der Waals surface area contributed by atoms with Crippen LogP contribution in [0, 0.1) is 12.3 Å². The van der Waals surface area contributed by atoms with Crippen LogP contribution in [0.25, 0.3) is 0 Å². The Labute approximate surface area is 139 Å². The molecule has 1 aromatic rings. The summed E-state index contributed by atoms with van der Waals surface area (Å²) in [7, 11) is 0. The van der Waals surface area contributed by atoms with Crippen LogP contribution >= 0.6 is 0 Å². The van der Waals surface area contributed by atoms with Crippen molar-refractivity contribution in [1.82, 2.24) is 16.0 Å². The van der Waals surface area contributed by atoms with Crippen LogP contribution in [0.5, 0.6) is 0 Å². The summed E-state index contributed by atoms with van der Waals surface area (Å²) in [6.07, 6.45) is 0. The number of nitrogens with zero attached hydrogens (tertiary/aromatic N) is 1. The number of hydrogen-bond acceptors (Lipinski definition) is 3. The van der Waals surface area contributed by atoms with E-state index in [1.54, 1.807) is 0 Å². The van der Waals surface area contributed by atoms with E-state index in [4.69, 9.17) is 4.42 Å². The van der Waals surface area contributed by atoms with Crippen LogP contribution in [0.1, 0.15) is 52.2 Å². The van der Waals surface area contributed by atoms with Gasteiger partial charge in [-0.15, -0.1) is 0 Å². The molecule has 0 saturated carbocycles. The molecule has 0 aliphatic heterocycles. The van der Waals surface area contributed by atoms with Crippen LogP contribution < -0.4 is 16.0 Å². The highest BCUT2D eigenvalue weighted by atomic mass is 16.3. The maximum atomic E-state index is 11.8. The fourth-order valence-electron chi connectivity index (χ4n) is 1.88. The maximum absolute atomic E-state index is 11.8. The number of aliphatic imine (C=N–C) groups is 1. The van der Waals surface area contributed by atoms with E-state index in [1.165, 1.54) is 0 Å². The molecule has 1 atom stereocenters. The van der Waals surface area contributed by atoms with E-state index in [2.05, 4.69) is 20.9 Å². The molecular weight excluding hydrogens is 292 g/mol. The van der Waals surface area contributed by atoms with Crippen LogP contribution in [-0.2, 0) is 4.79 Å². The Morgan fingerprint density at radius 3 is 2.52 bits per heavy atom. The first kappa shape index (κ1) is 19.1. The Balaban J connectivity index is 2.51. The topological polar surface area (TPSA) is 78.7 Å². The number of amides is 1. The van der Waals surface area contributed by atoms with Gasteiger partial charge in [-0.25, -0.2) is 0 Å². The lowest BCUT2D eigenvalue weighted by atomic mass is 9.96. The number of nitrogens with one attached hydrogen (secondary N) is 3. The highest BCUT2D eigenvalue weighted by Crippen LogP contribution is 2.15. The smallest absolute Gasteiger partial charge is 0.225 e. The second-order valence-corrected chi connectivity index (χ2v) is 6.58. The number of furan rings is 1. The molecule has 0 aromatic carbocycles. The first-order valence-electron chi connectivity index (χ1n) is 8.13. The van der Waals surface area contributed by atoms with Gasteiger partial charge in [0.05, 0.1) is 12.6 Å². The summed E-state index contributed by atoms with van der Waals surface area (Å²) in [4.78, 5) is 16.3. The summed E-state index contributed by atoms with van der Waals surface area (Å²) in [5.41, 5.74) is -0.377. The molecule has 1 amide bonds. The fourth-order valence-corrected chi connectivity index (χ4v) is 1.88. The van der Waals surface area contributed by atoms with Gasteiger partial charge in [-0.3, -0.25) is 9.79 Å². The van der Waals surface area contributed by atoms with Crippen LogP contribution in [-0.4, -0.2) is 31.5 Å². The van der Waals surface area contributed by atoms with Gasteiger partial charge in [0.25, 0.3) is 0 Å². The van der Waals surface area contributed by atoms with Crippen molar-refractivity contribution in [1.29, 1.82) is 0 Å². The van der Waals surface area contributed by atoms with Gasteiger partial charge in [-0.2, -0.15) is 0 Å². The Morgan fingerprint density at radius 1 is 1.30 bits per heavy atom. The third-order valence-electron chi connectivity index (χ3n) is 3.23. The number of hydrogen-bond donors (Lipinski definition) is 3. The van der Waals surface area contributed by atoms with Gasteiger partial charge in [0.15, 0.2) is 5.96 Å². The molecule has 0 spiro atoms. The van der Waals surface area contributed by atoms with E-state index in [9.17, 15) is 4.79 Å². The molecule has 0 bridgehead atoms. The minimum atomic E-state index is -0.377. The highest BCUT2D eigenvalue weighted by Gasteiger charge is 2.20. The van der Waals surface area contributed by atoms with Gasteiger partial charge >= 0.3 is 0 Å². The van der Waals surface area contributed by atoms with Crippen molar-refractivity contribution >= 4 is 11.9 Å². The molecule has 6 heteroatoms. The molecule has 0 saturated heterocycles. The summed E-state index contributed by atoms with van der Waals surface area (Å²) in [6.45, 7) is 13.4. The first-order valence-corrected chi connectivity index (χ1v) is 8.13. The van der Waals surface area contributed by atoms with Crippen molar-refractivity contribution in [2.24, 2.45) is 10.4 Å². The fraction of sp³-hybridized carbons (Fsp3) is 0.647. The maximum Gasteiger partial charge on any atom is 0.225 e. The SMILES string of the molecule is CCNC(=NCCNC(=O)C(C)(C)C)NC(C)c1ccc(C)o1. The molecule has 0 radical (unpaired) electrons. The van der Waals surface area contributed by atoms with Crippen molar-refractivity contribution in [2.75, 3.05) is 19.6 Å².